The quantitative estimate of drug-likeness (QED) is 0.0899. The zero-order valence-corrected chi connectivity index (χ0v) is 19.7. The first-order chi connectivity index (χ1) is 15.7. The molecule has 13 nitrogen and oxygen atoms in total. The Bertz CT molecular complexity index is 891. The number of nitro benzene ring substituents is 1. The molecule has 0 aromatic heterocycles. The van der Waals surface area contributed by atoms with Gasteiger partial charge < -0.3 is 32.3 Å². The Kier molecular flexibility index (Phi) is 11.7. The first-order valence-corrected chi connectivity index (χ1v) is 10.6. The van der Waals surface area contributed by atoms with Gasteiger partial charge in [-0.15, -0.1) is 12.4 Å². The highest BCUT2D eigenvalue weighted by Gasteiger charge is 2.35. The standard InChI is InChI=1S/C20H30N8O5.ClH/c1-23-12-17(29)27-11-3-5-16(27)19(31)26-15(4-2-10-24-20(21)22)18(30)25-13-6-8-14(9-7-13)28(32)33;/h6-9,15-16,23H,2-5,10-12H2,1H3,(H,25,30)(H,26,31)(H4,21,22,24);1H/t15-,16-;/m0./s1. The second-order valence-electron chi connectivity index (χ2n) is 7.58. The van der Waals surface area contributed by atoms with Gasteiger partial charge in [-0.1, -0.05) is 0 Å². The summed E-state index contributed by atoms with van der Waals surface area (Å²) < 4.78 is 0. The third-order valence-electron chi connectivity index (χ3n) is 5.13. The zero-order valence-electron chi connectivity index (χ0n) is 18.9. The van der Waals surface area contributed by atoms with Crippen LogP contribution in [0.3, 0.4) is 0 Å². The number of likely N-dealkylation sites (tertiary alicyclic amines) is 1. The maximum atomic E-state index is 12.9. The maximum Gasteiger partial charge on any atom is 0.269 e. The molecular formula is C20H31ClN8O5. The van der Waals surface area contributed by atoms with Gasteiger partial charge in [0, 0.05) is 30.9 Å². The number of non-ortho nitro benzene ring substituents is 1. The van der Waals surface area contributed by atoms with Crippen molar-refractivity contribution in [3.05, 3.63) is 34.4 Å². The molecule has 1 aliphatic rings. The summed E-state index contributed by atoms with van der Waals surface area (Å²) in [5.74, 6) is -1.17. The fraction of sp³-hybridized carbons (Fsp3) is 0.500. The van der Waals surface area contributed by atoms with Crippen LogP contribution in [0.4, 0.5) is 11.4 Å². The number of hydrogen-bond acceptors (Lipinski definition) is 7. The van der Waals surface area contributed by atoms with Gasteiger partial charge in [-0.25, -0.2) is 0 Å². The lowest BCUT2D eigenvalue weighted by Crippen LogP contribution is -2.53. The normalized spacial score (nSPS) is 15.6. The highest BCUT2D eigenvalue weighted by molar-refractivity contribution is 5.98. The minimum Gasteiger partial charge on any atom is -0.370 e. The summed E-state index contributed by atoms with van der Waals surface area (Å²) in [7, 11) is 1.65. The molecular weight excluding hydrogens is 468 g/mol. The Hall–Kier alpha value is -3.45. The van der Waals surface area contributed by atoms with Crippen LogP contribution < -0.4 is 27.4 Å². The third-order valence-corrected chi connectivity index (χ3v) is 5.13. The number of nitrogens with zero attached hydrogens (tertiary/aromatic N) is 3. The molecule has 3 amide bonds. The fourth-order valence-electron chi connectivity index (χ4n) is 3.53. The smallest absolute Gasteiger partial charge is 0.269 e. The number of anilines is 1. The maximum absolute atomic E-state index is 12.9. The first-order valence-electron chi connectivity index (χ1n) is 10.6. The van der Waals surface area contributed by atoms with Gasteiger partial charge in [0.15, 0.2) is 5.96 Å². The van der Waals surface area contributed by atoms with Gasteiger partial charge in [-0.05, 0) is 44.9 Å². The van der Waals surface area contributed by atoms with Crippen LogP contribution in [-0.4, -0.2) is 72.3 Å². The van der Waals surface area contributed by atoms with Crippen molar-refractivity contribution in [1.82, 2.24) is 15.5 Å². The predicted octanol–water partition coefficient (Wildman–Crippen LogP) is -0.296. The minimum atomic E-state index is -0.913. The Balaban J connectivity index is 0.00000578. The van der Waals surface area contributed by atoms with Gasteiger partial charge in [0.05, 0.1) is 11.5 Å². The number of nitrogens with one attached hydrogen (secondary N) is 3. The van der Waals surface area contributed by atoms with Crippen molar-refractivity contribution < 1.29 is 19.3 Å². The van der Waals surface area contributed by atoms with E-state index in [1.165, 1.54) is 29.2 Å². The topological polar surface area (TPSA) is 198 Å². The summed E-state index contributed by atoms with van der Waals surface area (Å²) in [6, 6.07) is 3.78. The number of nitrogens with two attached hydrogens (primary N) is 2. The van der Waals surface area contributed by atoms with Crippen LogP contribution in [0.15, 0.2) is 29.3 Å². The molecule has 7 N–H and O–H groups in total. The Labute approximate surface area is 203 Å². The summed E-state index contributed by atoms with van der Waals surface area (Å²) in [6.07, 6.45) is 1.87. The van der Waals surface area contributed by atoms with E-state index in [2.05, 4.69) is 20.9 Å². The van der Waals surface area contributed by atoms with Crippen molar-refractivity contribution in [1.29, 1.82) is 0 Å². The molecule has 1 aromatic rings. The van der Waals surface area contributed by atoms with Crippen molar-refractivity contribution in [3.63, 3.8) is 0 Å². The minimum absolute atomic E-state index is 0. The number of carbonyl (C=O) groups is 3. The molecule has 14 heteroatoms. The molecule has 1 saturated heterocycles. The molecule has 0 saturated carbocycles. The van der Waals surface area contributed by atoms with E-state index in [1.807, 2.05) is 0 Å². The average Bonchev–Trinajstić information content (AvgIpc) is 3.26. The Morgan fingerprint density at radius 1 is 1.26 bits per heavy atom. The molecule has 1 fully saturated rings. The third kappa shape index (κ3) is 8.48. The Morgan fingerprint density at radius 2 is 1.94 bits per heavy atom. The second kappa shape index (κ2) is 14.0. The van der Waals surface area contributed by atoms with Crippen molar-refractivity contribution in [2.24, 2.45) is 16.5 Å². The number of benzene rings is 1. The van der Waals surface area contributed by atoms with E-state index < -0.39 is 28.8 Å². The number of guanidine groups is 1. The first kappa shape index (κ1) is 28.6. The molecule has 0 aliphatic carbocycles. The summed E-state index contributed by atoms with van der Waals surface area (Å²) in [5.41, 5.74) is 10.9. The number of likely N-dealkylation sites (N-methyl/N-ethyl adjacent to an activating group) is 1. The van der Waals surface area contributed by atoms with E-state index in [4.69, 9.17) is 11.5 Å². The van der Waals surface area contributed by atoms with E-state index in [9.17, 15) is 24.5 Å². The van der Waals surface area contributed by atoms with E-state index in [0.29, 0.717) is 31.5 Å². The number of carbonyl (C=O) groups excluding carboxylic acids is 3. The van der Waals surface area contributed by atoms with Gasteiger partial charge >= 0.3 is 0 Å². The van der Waals surface area contributed by atoms with Crippen LogP contribution in [-0.2, 0) is 14.4 Å². The van der Waals surface area contributed by atoms with Crippen LogP contribution in [0, 0.1) is 10.1 Å². The lowest BCUT2D eigenvalue weighted by atomic mass is 10.1. The SMILES string of the molecule is CNCC(=O)N1CCC[C@H]1C(=O)N[C@@H](CCCN=C(N)N)C(=O)Nc1ccc([N+](=O)[O-])cc1.Cl. The van der Waals surface area contributed by atoms with E-state index >= 15 is 0 Å². The van der Waals surface area contributed by atoms with Crippen LogP contribution >= 0.6 is 12.4 Å². The average molecular weight is 499 g/mol. The van der Waals surface area contributed by atoms with E-state index in [-0.39, 0.29) is 49.5 Å². The molecule has 2 atom stereocenters. The summed E-state index contributed by atoms with van der Waals surface area (Å²) in [6.45, 7) is 0.866. The number of nitro groups is 1. The molecule has 2 rings (SSSR count). The Morgan fingerprint density at radius 3 is 2.53 bits per heavy atom. The number of aliphatic imine (C=N–C) groups is 1. The van der Waals surface area contributed by atoms with Gasteiger partial charge in [0.25, 0.3) is 5.69 Å². The molecule has 188 valence electrons. The number of rotatable bonds is 11. The van der Waals surface area contributed by atoms with Crippen LogP contribution in [0.25, 0.3) is 0 Å². The van der Waals surface area contributed by atoms with Gasteiger partial charge in [-0.2, -0.15) is 0 Å². The molecule has 1 aliphatic heterocycles. The van der Waals surface area contributed by atoms with Crippen LogP contribution in [0.5, 0.6) is 0 Å². The molecule has 0 spiro atoms. The molecule has 0 bridgehead atoms. The molecule has 1 aromatic carbocycles. The van der Waals surface area contributed by atoms with Crippen LogP contribution in [0.2, 0.25) is 0 Å². The van der Waals surface area contributed by atoms with E-state index in [1.54, 1.807) is 7.05 Å². The lowest BCUT2D eigenvalue weighted by Gasteiger charge is -2.26. The largest absolute Gasteiger partial charge is 0.370 e. The predicted molar refractivity (Wildman–Crippen MR) is 129 cm³/mol. The highest BCUT2D eigenvalue weighted by Crippen LogP contribution is 2.19. The van der Waals surface area contributed by atoms with Crippen LogP contribution in [0.1, 0.15) is 25.7 Å². The summed E-state index contributed by atoms with van der Waals surface area (Å²) in [4.78, 5) is 53.8. The monoisotopic (exact) mass is 498 g/mol. The van der Waals surface area contributed by atoms with Crippen molar-refractivity contribution in [2.75, 3.05) is 32.0 Å². The van der Waals surface area contributed by atoms with Crippen molar-refractivity contribution in [2.45, 2.75) is 37.8 Å². The number of amides is 3. The van der Waals surface area contributed by atoms with Gasteiger partial charge in [0.1, 0.15) is 12.1 Å². The summed E-state index contributed by atoms with van der Waals surface area (Å²) >= 11 is 0. The zero-order chi connectivity index (χ0) is 24.4. The lowest BCUT2D eigenvalue weighted by molar-refractivity contribution is -0.384. The van der Waals surface area contributed by atoms with Crippen molar-refractivity contribution in [3.8, 4) is 0 Å². The van der Waals surface area contributed by atoms with Crippen molar-refractivity contribution >= 4 is 47.5 Å². The summed E-state index contributed by atoms with van der Waals surface area (Å²) in [5, 5.41) is 19.0. The molecule has 0 radical (unpaired) electrons. The molecule has 34 heavy (non-hydrogen) atoms. The number of hydrogen-bond donors (Lipinski definition) is 5. The molecule has 0 unspecified atom stereocenters. The number of halogens is 1. The van der Waals surface area contributed by atoms with E-state index in [0.717, 1.165) is 0 Å². The van der Waals surface area contributed by atoms with Gasteiger partial charge in [0.2, 0.25) is 17.7 Å². The second-order valence-corrected chi connectivity index (χ2v) is 7.58. The fourth-order valence-corrected chi connectivity index (χ4v) is 3.53. The highest BCUT2D eigenvalue weighted by atomic mass is 35.5. The van der Waals surface area contributed by atoms with Gasteiger partial charge in [-0.3, -0.25) is 29.5 Å². The molecule has 1 heterocycles.